The highest BCUT2D eigenvalue weighted by molar-refractivity contribution is 6.31. The Bertz CT molecular complexity index is 971. The van der Waals surface area contributed by atoms with E-state index >= 15 is 0 Å². The summed E-state index contributed by atoms with van der Waals surface area (Å²) in [5, 5.41) is 0.148. The summed E-state index contributed by atoms with van der Waals surface area (Å²) in [7, 11) is 1.28. The van der Waals surface area contributed by atoms with Gasteiger partial charge < -0.3 is 19.3 Å². The molecule has 2 amide bonds. The number of esters is 1. The standard InChI is InChI=1S/C23H25ClFN3O5/c1-32-23(31)7-10-27-12-17(33-15-16-5-8-26-9-6-16)13-28(14-22(27)30)21(29)11-18-19(24)3-2-4-20(18)25/h2-6,8-9,17H,7,10-15H2,1H3/t17-/m1/s1. The Labute approximate surface area is 196 Å². The van der Waals surface area contributed by atoms with Crippen molar-refractivity contribution in [3.05, 3.63) is 64.7 Å². The summed E-state index contributed by atoms with van der Waals surface area (Å²) in [6.45, 7) is 0.526. The number of aromatic nitrogens is 1. The molecule has 1 aliphatic rings. The van der Waals surface area contributed by atoms with Crippen molar-refractivity contribution in [2.45, 2.75) is 25.6 Å². The van der Waals surface area contributed by atoms with Gasteiger partial charge in [0.25, 0.3) is 0 Å². The maximum atomic E-state index is 14.2. The van der Waals surface area contributed by atoms with Crippen LogP contribution < -0.4 is 0 Å². The van der Waals surface area contributed by atoms with Crippen LogP contribution in [0.25, 0.3) is 0 Å². The molecule has 0 spiro atoms. The lowest BCUT2D eigenvalue weighted by Crippen LogP contribution is -2.40. The van der Waals surface area contributed by atoms with Gasteiger partial charge in [-0.05, 0) is 29.8 Å². The van der Waals surface area contributed by atoms with Crippen molar-refractivity contribution in [1.82, 2.24) is 14.8 Å². The fourth-order valence-corrected chi connectivity index (χ4v) is 3.71. The van der Waals surface area contributed by atoms with Crippen LogP contribution in [-0.2, 0) is 36.9 Å². The summed E-state index contributed by atoms with van der Waals surface area (Å²) in [6.07, 6.45) is 2.52. The summed E-state index contributed by atoms with van der Waals surface area (Å²) in [5.74, 6) is -1.80. The first kappa shape index (κ1) is 24.6. The van der Waals surface area contributed by atoms with Crippen LogP contribution in [0.1, 0.15) is 17.5 Å². The van der Waals surface area contributed by atoms with Crippen LogP contribution in [0.3, 0.4) is 0 Å². The monoisotopic (exact) mass is 477 g/mol. The van der Waals surface area contributed by atoms with Gasteiger partial charge in [0.1, 0.15) is 5.82 Å². The number of rotatable bonds is 8. The van der Waals surface area contributed by atoms with Crippen molar-refractivity contribution in [1.29, 1.82) is 0 Å². The van der Waals surface area contributed by atoms with Gasteiger partial charge in [-0.3, -0.25) is 19.4 Å². The molecule has 1 saturated heterocycles. The minimum atomic E-state index is -0.581. The highest BCUT2D eigenvalue weighted by atomic mass is 35.5. The number of benzene rings is 1. The molecule has 0 N–H and O–H groups in total. The molecule has 0 aliphatic carbocycles. The molecular weight excluding hydrogens is 453 g/mol. The SMILES string of the molecule is COC(=O)CCN1C[C@@H](OCc2ccncc2)CN(C(=O)Cc2c(F)cccc2Cl)CC1=O. The molecule has 0 saturated carbocycles. The number of methoxy groups -OCH3 is 1. The zero-order chi connectivity index (χ0) is 23.8. The zero-order valence-electron chi connectivity index (χ0n) is 18.2. The average Bonchev–Trinajstić information content (AvgIpc) is 2.97. The Morgan fingerprint density at radius 3 is 2.67 bits per heavy atom. The number of pyridine rings is 1. The molecule has 0 radical (unpaired) electrons. The maximum Gasteiger partial charge on any atom is 0.307 e. The number of amides is 2. The molecule has 0 unspecified atom stereocenters. The summed E-state index contributed by atoms with van der Waals surface area (Å²) in [6, 6.07) is 7.82. The predicted molar refractivity (Wildman–Crippen MR) is 118 cm³/mol. The Kier molecular flexibility index (Phi) is 8.73. The van der Waals surface area contributed by atoms with Gasteiger partial charge in [-0.25, -0.2) is 4.39 Å². The Morgan fingerprint density at radius 1 is 1.21 bits per heavy atom. The zero-order valence-corrected chi connectivity index (χ0v) is 19.0. The molecule has 10 heteroatoms. The van der Waals surface area contributed by atoms with Crippen LogP contribution in [0.5, 0.6) is 0 Å². The second-order valence-electron chi connectivity index (χ2n) is 7.61. The molecule has 1 aromatic heterocycles. The Morgan fingerprint density at radius 2 is 1.97 bits per heavy atom. The molecular formula is C23H25ClFN3O5. The first-order valence-corrected chi connectivity index (χ1v) is 10.8. The number of nitrogens with zero attached hydrogens (tertiary/aromatic N) is 3. The van der Waals surface area contributed by atoms with Crippen molar-refractivity contribution in [2.24, 2.45) is 0 Å². The molecule has 8 nitrogen and oxygen atoms in total. The van der Waals surface area contributed by atoms with Crippen molar-refractivity contribution in [3.63, 3.8) is 0 Å². The molecule has 2 heterocycles. The summed E-state index contributed by atoms with van der Waals surface area (Å²) in [5.41, 5.74) is 0.968. The lowest BCUT2D eigenvalue weighted by Gasteiger charge is -2.25. The third-order valence-corrected chi connectivity index (χ3v) is 5.67. The minimum absolute atomic E-state index is 0.0259. The van der Waals surface area contributed by atoms with Crippen molar-refractivity contribution < 1.29 is 28.2 Å². The number of hydrogen-bond acceptors (Lipinski definition) is 6. The van der Waals surface area contributed by atoms with Gasteiger partial charge in [0.15, 0.2) is 0 Å². The van der Waals surface area contributed by atoms with Crippen LogP contribution >= 0.6 is 11.6 Å². The van der Waals surface area contributed by atoms with Gasteiger partial charge in [-0.15, -0.1) is 0 Å². The fraction of sp³-hybridized carbons (Fsp3) is 0.391. The van der Waals surface area contributed by atoms with E-state index < -0.39 is 23.8 Å². The molecule has 0 bridgehead atoms. The van der Waals surface area contributed by atoms with E-state index in [1.54, 1.807) is 24.5 Å². The number of carbonyl (C=O) groups excluding carboxylic acids is 3. The molecule has 3 rings (SSSR count). The fourth-order valence-electron chi connectivity index (χ4n) is 3.48. The number of carbonyl (C=O) groups is 3. The summed E-state index contributed by atoms with van der Waals surface area (Å²) >= 11 is 6.07. The molecule has 33 heavy (non-hydrogen) atoms. The lowest BCUT2D eigenvalue weighted by molar-refractivity contribution is -0.142. The largest absolute Gasteiger partial charge is 0.469 e. The van der Waals surface area contributed by atoms with Crippen LogP contribution in [0.15, 0.2) is 42.7 Å². The first-order valence-electron chi connectivity index (χ1n) is 10.4. The molecule has 1 aliphatic heterocycles. The topological polar surface area (TPSA) is 89.0 Å². The normalized spacial score (nSPS) is 16.5. The molecule has 1 fully saturated rings. The third kappa shape index (κ3) is 6.97. The second kappa shape index (κ2) is 11.7. The quantitative estimate of drug-likeness (QED) is 0.542. The van der Waals surface area contributed by atoms with Crippen LogP contribution in [0.2, 0.25) is 5.02 Å². The van der Waals surface area contributed by atoms with Crippen molar-refractivity contribution >= 4 is 29.4 Å². The number of hydrogen-bond donors (Lipinski definition) is 0. The van der Waals surface area contributed by atoms with Gasteiger partial charge in [0.2, 0.25) is 11.8 Å². The third-order valence-electron chi connectivity index (χ3n) is 5.32. The van der Waals surface area contributed by atoms with Crippen LogP contribution in [0, 0.1) is 5.82 Å². The van der Waals surface area contributed by atoms with Crippen LogP contribution in [-0.4, -0.2) is 72.0 Å². The average molecular weight is 478 g/mol. The maximum absolute atomic E-state index is 14.2. The van der Waals surface area contributed by atoms with Gasteiger partial charge in [0.05, 0.1) is 39.2 Å². The molecule has 1 aromatic carbocycles. The lowest BCUT2D eigenvalue weighted by atomic mass is 10.1. The van der Waals surface area contributed by atoms with Crippen LogP contribution in [0.4, 0.5) is 4.39 Å². The molecule has 2 aromatic rings. The summed E-state index contributed by atoms with van der Waals surface area (Å²) < 4.78 is 24.9. The Balaban J connectivity index is 1.74. The van der Waals surface area contributed by atoms with Gasteiger partial charge in [0, 0.05) is 42.6 Å². The number of halogens is 2. The second-order valence-corrected chi connectivity index (χ2v) is 8.01. The first-order chi connectivity index (χ1) is 15.9. The van der Waals surface area contributed by atoms with E-state index in [1.807, 2.05) is 0 Å². The van der Waals surface area contributed by atoms with Gasteiger partial charge in [-0.2, -0.15) is 0 Å². The van der Waals surface area contributed by atoms with E-state index in [2.05, 4.69) is 9.72 Å². The predicted octanol–water partition coefficient (Wildman–Crippen LogP) is 2.24. The van der Waals surface area contributed by atoms with E-state index in [0.717, 1.165) is 5.56 Å². The number of ether oxygens (including phenoxy) is 2. The van der Waals surface area contributed by atoms with E-state index in [9.17, 15) is 18.8 Å². The Hall–Kier alpha value is -3.04. The van der Waals surface area contributed by atoms with E-state index in [4.69, 9.17) is 16.3 Å². The van der Waals surface area contributed by atoms with Gasteiger partial charge in [-0.1, -0.05) is 17.7 Å². The highest BCUT2D eigenvalue weighted by Gasteiger charge is 2.31. The molecule has 1 atom stereocenters. The van der Waals surface area contributed by atoms with Gasteiger partial charge >= 0.3 is 5.97 Å². The minimum Gasteiger partial charge on any atom is -0.469 e. The van der Waals surface area contributed by atoms with E-state index in [-0.39, 0.29) is 62.1 Å². The van der Waals surface area contributed by atoms with Crippen molar-refractivity contribution in [2.75, 3.05) is 33.3 Å². The smallest absolute Gasteiger partial charge is 0.307 e. The molecule has 176 valence electrons. The van der Waals surface area contributed by atoms with Crippen molar-refractivity contribution in [3.8, 4) is 0 Å². The van der Waals surface area contributed by atoms with E-state index in [1.165, 1.54) is 35.1 Å². The highest BCUT2D eigenvalue weighted by Crippen LogP contribution is 2.21. The summed E-state index contributed by atoms with van der Waals surface area (Å²) in [4.78, 5) is 44.2. The van der Waals surface area contributed by atoms with E-state index in [0.29, 0.717) is 0 Å².